The van der Waals surface area contributed by atoms with Gasteiger partial charge in [-0.25, -0.2) is 8.42 Å². The minimum Gasteiger partial charge on any atom is -0.743 e. The van der Waals surface area contributed by atoms with Gasteiger partial charge < -0.3 is 14.4 Å². The quantitative estimate of drug-likeness (QED) is 0.123. The molecule has 0 radical (unpaired) electrons. The number of carbonyl (C=O) groups excluding carboxylic acids is 1. The summed E-state index contributed by atoms with van der Waals surface area (Å²) in [5, 5.41) is 1.98. The van der Waals surface area contributed by atoms with Crippen LogP contribution in [0.1, 0.15) is 123 Å². The van der Waals surface area contributed by atoms with Gasteiger partial charge in [0.15, 0.2) is 5.37 Å². The third kappa shape index (κ3) is 16.9. The van der Waals surface area contributed by atoms with Crippen molar-refractivity contribution >= 4 is 16.0 Å². The van der Waals surface area contributed by atoms with Crippen LogP contribution in [0.2, 0.25) is 0 Å². The van der Waals surface area contributed by atoms with Gasteiger partial charge in [0.1, 0.15) is 10.1 Å². The van der Waals surface area contributed by atoms with Crippen molar-refractivity contribution in [2.75, 3.05) is 27.2 Å². The Bertz CT molecular complexity index is 564. The van der Waals surface area contributed by atoms with Gasteiger partial charge in [-0.1, -0.05) is 97.3 Å². The van der Waals surface area contributed by atoms with Crippen LogP contribution in [0.15, 0.2) is 0 Å². The van der Waals surface area contributed by atoms with Gasteiger partial charge in [-0.3, -0.25) is 4.79 Å². The summed E-state index contributed by atoms with van der Waals surface area (Å²) < 4.78 is 34.4. The second kappa shape index (κ2) is 18.7. The molecule has 1 amide bonds. The number of rotatable bonds is 22. The predicted octanol–water partition coefficient (Wildman–Crippen LogP) is 5.72. The highest BCUT2D eigenvalue weighted by Gasteiger charge is 2.31. The van der Waals surface area contributed by atoms with Crippen LogP contribution in [-0.2, 0) is 14.9 Å². The van der Waals surface area contributed by atoms with Gasteiger partial charge in [-0.05, 0) is 6.42 Å². The van der Waals surface area contributed by atoms with Gasteiger partial charge in [0.25, 0.3) is 0 Å². The Kier molecular flexibility index (Phi) is 18.3. The molecule has 0 heterocycles. The van der Waals surface area contributed by atoms with Crippen LogP contribution in [0.4, 0.5) is 0 Å². The van der Waals surface area contributed by atoms with Crippen molar-refractivity contribution < 1.29 is 22.2 Å². The molecule has 1 atom stereocenters. The topological polar surface area (TPSA) is 86.3 Å². The first-order valence-electron chi connectivity index (χ1n) is 13.2. The lowest BCUT2D eigenvalue weighted by atomic mass is 10.0. The number of carbonyl (C=O) groups is 1. The first kappa shape index (κ1) is 31.3. The van der Waals surface area contributed by atoms with Gasteiger partial charge in [0, 0.05) is 25.8 Å². The summed E-state index contributed by atoms with van der Waals surface area (Å²) in [6.45, 7) is 5.04. The Morgan fingerprint density at radius 1 is 0.781 bits per heavy atom. The number of hydrogen-bond donors (Lipinski definition) is 1. The van der Waals surface area contributed by atoms with E-state index in [9.17, 15) is 17.8 Å². The van der Waals surface area contributed by atoms with Crippen molar-refractivity contribution in [1.29, 1.82) is 0 Å². The molecule has 32 heavy (non-hydrogen) atoms. The van der Waals surface area contributed by atoms with Gasteiger partial charge in [-0.2, -0.15) is 0 Å². The monoisotopic (exact) mass is 476 g/mol. The molecule has 1 unspecified atom stereocenters. The number of nitrogens with one attached hydrogen (secondary N) is 1. The fraction of sp³-hybridized carbons (Fsp3) is 0.960. The van der Waals surface area contributed by atoms with E-state index in [1.807, 2.05) is 0 Å². The molecule has 0 bridgehead atoms. The first-order valence-corrected chi connectivity index (χ1v) is 14.7. The molecule has 0 spiro atoms. The summed E-state index contributed by atoms with van der Waals surface area (Å²) in [7, 11) is -0.796. The van der Waals surface area contributed by atoms with E-state index in [1.165, 1.54) is 77.0 Å². The maximum absolute atomic E-state index is 12.0. The zero-order valence-corrected chi connectivity index (χ0v) is 22.3. The van der Waals surface area contributed by atoms with Crippen molar-refractivity contribution in [2.45, 2.75) is 128 Å². The van der Waals surface area contributed by atoms with Crippen molar-refractivity contribution in [3.8, 4) is 0 Å². The van der Waals surface area contributed by atoms with Gasteiger partial charge in [0.2, 0.25) is 5.91 Å². The highest BCUT2D eigenvalue weighted by molar-refractivity contribution is 7.86. The molecule has 0 fully saturated rings. The van der Waals surface area contributed by atoms with Gasteiger partial charge in [-0.15, -0.1) is 0 Å². The normalized spacial score (nSPS) is 13.3. The fourth-order valence-electron chi connectivity index (χ4n) is 4.47. The molecule has 0 aliphatic carbocycles. The van der Waals surface area contributed by atoms with Crippen LogP contribution >= 0.6 is 0 Å². The van der Waals surface area contributed by atoms with Crippen LogP contribution in [0.3, 0.4) is 0 Å². The number of amides is 1. The molecule has 0 aromatic rings. The highest BCUT2D eigenvalue weighted by atomic mass is 32.2. The maximum Gasteiger partial charge on any atom is 0.219 e. The molecule has 0 aromatic carbocycles. The molecule has 192 valence electrons. The lowest BCUT2D eigenvalue weighted by molar-refractivity contribution is -0.901. The second-order valence-corrected chi connectivity index (χ2v) is 11.4. The minimum atomic E-state index is -4.32. The molecule has 1 N–H and O–H groups in total. The molecular formula is C25H52N2O4S. The van der Waals surface area contributed by atoms with Crippen LogP contribution in [-0.4, -0.2) is 55.9 Å². The third-order valence-electron chi connectivity index (χ3n) is 6.45. The summed E-state index contributed by atoms with van der Waals surface area (Å²) in [6.07, 6.45) is 19.7. The molecular weight excluding hydrogens is 424 g/mol. The van der Waals surface area contributed by atoms with Crippen molar-refractivity contribution in [2.24, 2.45) is 0 Å². The van der Waals surface area contributed by atoms with Crippen LogP contribution in [0.25, 0.3) is 0 Å². The number of unbranched alkanes of at least 4 members (excludes halogenated alkanes) is 13. The SMILES string of the molecule is CCCCCCCCCCCCCCCCC(=O)NCCC[N+](C)(C)C(CC)S(=O)(=O)[O-]. The van der Waals surface area contributed by atoms with Gasteiger partial charge in [0.05, 0.1) is 20.6 Å². The van der Waals surface area contributed by atoms with E-state index in [-0.39, 0.29) is 10.4 Å². The molecule has 7 heteroatoms. The smallest absolute Gasteiger partial charge is 0.219 e. The molecule has 0 aliphatic rings. The van der Waals surface area contributed by atoms with Gasteiger partial charge >= 0.3 is 0 Å². The van der Waals surface area contributed by atoms with E-state index in [2.05, 4.69) is 12.2 Å². The Balaban J connectivity index is 3.58. The van der Waals surface area contributed by atoms with E-state index >= 15 is 0 Å². The summed E-state index contributed by atoms with van der Waals surface area (Å²) in [6, 6.07) is 0. The summed E-state index contributed by atoms with van der Waals surface area (Å²) in [5.41, 5.74) is 0. The van der Waals surface area contributed by atoms with Crippen LogP contribution in [0, 0.1) is 0 Å². The zero-order chi connectivity index (χ0) is 24.3. The molecule has 0 aliphatic heterocycles. The molecule has 0 rings (SSSR count). The van der Waals surface area contributed by atoms with Crippen LogP contribution < -0.4 is 5.32 Å². The standard InChI is InChI=1S/C25H52N2O4S/c1-5-7-8-9-10-11-12-13-14-15-16-17-18-19-21-24(28)26-22-20-23-27(3,4)25(6-2)32(29,30)31/h25H,5-23H2,1-4H3,(H-,26,28,29,30,31). The predicted molar refractivity (Wildman–Crippen MR) is 133 cm³/mol. The number of quaternary nitrogens is 1. The van der Waals surface area contributed by atoms with E-state index in [4.69, 9.17) is 0 Å². The molecule has 0 aromatic heterocycles. The molecule has 0 saturated carbocycles. The Morgan fingerprint density at radius 2 is 1.22 bits per heavy atom. The second-order valence-electron chi connectivity index (χ2n) is 9.91. The van der Waals surface area contributed by atoms with E-state index in [0.29, 0.717) is 32.4 Å². The largest absolute Gasteiger partial charge is 0.743 e. The van der Waals surface area contributed by atoms with Crippen molar-refractivity contribution in [3.05, 3.63) is 0 Å². The van der Waals surface area contributed by atoms with E-state index < -0.39 is 15.5 Å². The lowest BCUT2D eigenvalue weighted by Gasteiger charge is -2.38. The zero-order valence-electron chi connectivity index (χ0n) is 21.5. The molecule has 6 nitrogen and oxygen atoms in total. The van der Waals surface area contributed by atoms with E-state index in [0.717, 1.165) is 12.8 Å². The summed E-state index contributed by atoms with van der Waals surface area (Å²) in [5.74, 6) is 0.0673. The average molecular weight is 477 g/mol. The fourth-order valence-corrected chi connectivity index (χ4v) is 5.69. The maximum atomic E-state index is 12.0. The van der Waals surface area contributed by atoms with E-state index in [1.54, 1.807) is 21.0 Å². The third-order valence-corrected chi connectivity index (χ3v) is 8.02. The summed E-state index contributed by atoms with van der Waals surface area (Å²) in [4.78, 5) is 12.0. The highest BCUT2D eigenvalue weighted by Crippen LogP contribution is 2.17. The number of nitrogens with zero attached hydrogens (tertiary/aromatic N) is 1. The first-order chi connectivity index (χ1) is 15.1. The minimum absolute atomic E-state index is 0.0673. The van der Waals surface area contributed by atoms with Crippen LogP contribution in [0.5, 0.6) is 0 Å². The molecule has 0 saturated heterocycles. The lowest BCUT2D eigenvalue weighted by Crippen LogP contribution is -2.53. The Labute approximate surface area is 199 Å². The Morgan fingerprint density at radius 3 is 1.62 bits per heavy atom. The number of hydrogen-bond acceptors (Lipinski definition) is 4. The van der Waals surface area contributed by atoms with Crippen molar-refractivity contribution in [1.82, 2.24) is 5.32 Å². The Hall–Kier alpha value is -0.660. The van der Waals surface area contributed by atoms with Crippen molar-refractivity contribution in [3.63, 3.8) is 0 Å². The summed E-state index contributed by atoms with van der Waals surface area (Å²) >= 11 is 0. The average Bonchev–Trinajstić information content (AvgIpc) is 2.70.